The molecular formula is C20H24F3NO3. The summed E-state index contributed by atoms with van der Waals surface area (Å²) in [6.45, 7) is 5.40. The number of rotatable bonds is 2. The number of amides is 1. The molecule has 1 aromatic carbocycles. The first-order chi connectivity index (χ1) is 12.6. The number of hydrogen-bond donors (Lipinski definition) is 0. The molecule has 2 aliphatic heterocycles. The van der Waals surface area contributed by atoms with E-state index in [1.54, 1.807) is 25.7 Å². The second kappa shape index (κ2) is 7.17. The highest BCUT2D eigenvalue weighted by molar-refractivity contribution is 5.98. The van der Waals surface area contributed by atoms with E-state index in [-0.39, 0.29) is 23.7 Å². The van der Waals surface area contributed by atoms with E-state index < -0.39 is 34.8 Å². The van der Waals surface area contributed by atoms with Gasteiger partial charge in [0.15, 0.2) is 23.2 Å². The van der Waals surface area contributed by atoms with E-state index in [0.717, 1.165) is 31.4 Å². The largest absolute Gasteiger partial charge is 0.444 e. The Morgan fingerprint density at radius 3 is 2.04 bits per heavy atom. The minimum absolute atomic E-state index is 0.142. The molecule has 2 fully saturated rings. The molecule has 1 amide bonds. The normalized spacial score (nSPS) is 25.3. The maximum atomic E-state index is 13.5. The van der Waals surface area contributed by atoms with E-state index in [0.29, 0.717) is 12.8 Å². The maximum absolute atomic E-state index is 13.5. The van der Waals surface area contributed by atoms with Crippen LogP contribution in [-0.2, 0) is 4.74 Å². The van der Waals surface area contributed by atoms with Crippen LogP contribution in [0.1, 0.15) is 63.2 Å². The molecule has 1 aromatic rings. The molecule has 27 heavy (non-hydrogen) atoms. The Bertz CT molecular complexity index is 722. The lowest BCUT2D eigenvalue weighted by Gasteiger charge is -2.48. The molecule has 2 saturated heterocycles. The van der Waals surface area contributed by atoms with Crippen molar-refractivity contribution in [2.45, 2.75) is 70.6 Å². The Morgan fingerprint density at radius 2 is 1.56 bits per heavy atom. The van der Waals surface area contributed by atoms with Crippen LogP contribution in [0.15, 0.2) is 12.1 Å². The monoisotopic (exact) mass is 383 g/mol. The number of benzene rings is 1. The molecule has 0 aromatic heterocycles. The second-order valence-electron chi connectivity index (χ2n) is 8.41. The van der Waals surface area contributed by atoms with Gasteiger partial charge in [-0.05, 0) is 65.0 Å². The van der Waals surface area contributed by atoms with Crippen LogP contribution in [0.25, 0.3) is 0 Å². The second-order valence-corrected chi connectivity index (χ2v) is 8.41. The first-order valence-corrected chi connectivity index (χ1v) is 9.27. The standard InChI is InChI=1S/C20H24F3NO3/c1-20(2,3)27-19(26)24-13-5-4-6-14(24)8-11(7-13)18(25)12-9-15(21)17(23)16(22)10-12/h9-11,13-14H,4-8H2,1-3H3. The molecular weight excluding hydrogens is 359 g/mol. The molecule has 0 aliphatic carbocycles. The van der Waals surface area contributed by atoms with Crippen molar-refractivity contribution in [3.8, 4) is 0 Å². The minimum atomic E-state index is -1.58. The van der Waals surface area contributed by atoms with Crippen molar-refractivity contribution in [2.75, 3.05) is 0 Å². The first kappa shape index (κ1) is 19.7. The van der Waals surface area contributed by atoms with Crippen molar-refractivity contribution in [1.29, 1.82) is 0 Å². The van der Waals surface area contributed by atoms with Crippen molar-refractivity contribution in [1.82, 2.24) is 4.90 Å². The van der Waals surface area contributed by atoms with E-state index in [2.05, 4.69) is 0 Å². The van der Waals surface area contributed by atoms with E-state index in [4.69, 9.17) is 4.74 Å². The Labute approximate surface area is 156 Å². The summed E-state index contributed by atoms with van der Waals surface area (Å²) in [5, 5.41) is 0. The summed E-state index contributed by atoms with van der Waals surface area (Å²) in [5.74, 6) is -5.19. The van der Waals surface area contributed by atoms with E-state index >= 15 is 0 Å². The summed E-state index contributed by atoms with van der Waals surface area (Å²) in [4.78, 5) is 27.1. The van der Waals surface area contributed by atoms with E-state index in [1.807, 2.05) is 0 Å². The van der Waals surface area contributed by atoms with Gasteiger partial charge in [0.25, 0.3) is 0 Å². The third-order valence-electron chi connectivity index (χ3n) is 5.22. The zero-order valence-corrected chi connectivity index (χ0v) is 15.7. The van der Waals surface area contributed by atoms with Crippen LogP contribution in [0.3, 0.4) is 0 Å². The summed E-state index contributed by atoms with van der Waals surface area (Å²) in [7, 11) is 0. The Hall–Kier alpha value is -2.05. The molecule has 2 heterocycles. The number of ketones is 1. The molecule has 4 nitrogen and oxygen atoms in total. The van der Waals surface area contributed by atoms with Gasteiger partial charge in [-0.2, -0.15) is 0 Å². The summed E-state index contributed by atoms with van der Waals surface area (Å²) in [5.41, 5.74) is -0.776. The van der Waals surface area contributed by atoms with Crippen molar-refractivity contribution < 1.29 is 27.5 Å². The lowest BCUT2D eigenvalue weighted by Crippen LogP contribution is -2.56. The average Bonchev–Trinajstić information content (AvgIpc) is 2.55. The minimum Gasteiger partial charge on any atom is -0.444 e. The predicted molar refractivity (Wildman–Crippen MR) is 92.9 cm³/mol. The van der Waals surface area contributed by atoms with Crippen LogP contribution >= 0.6 is 0 Å². The lowest BCUT2D eigenvalue weighted by molar-refractivity contribution is -0.0260. The SMILES string of the molecule is CC(C)(C)OC(=O)N1C2CCCC1CC(C(=O)c1cc(F)c(F)c(F)c1)C2. The topological polar surface area (TPSA) is 46.6 Å². The summed E-state index contributed by atoms with van der Waals surface area (Å²) in [6.07, 6.45) is 2.90. The number of fused-ring (bicyclic) bond motifs is 2. The molecule has 148 valence electrons. The quantitative estimate of drug-likeness (QED) is 0.542. The van der Waals surface area contributed by atoms with Gasteiger partial charge in [-0.15, -0.1) is 0 Å². The van der Waals surface area contributed by atoms with Crippen LogP contribution in [0, 0.1) is 23.4 Å². The van der Waals surface area contributed by atoms with Crippen LogP contribution in [-0.4, -0.2) is 34.5 Å². The fraction of sp³-hybridized carbons (Fsp3) is 0.600. The fourth-order valence-electron chi connectivity index (χ4n) is 4.14. The number of piperidine rings is 2. The maximum Gasteiger partial charge on any atom is 0.410 e. The Morgan fingerprint density at radius 1 is 1.04 bits per heavy atom. The highest BCUT2D eigenvalue weighted by Crippen LogP contribution is 2.39. The van der Waals surface area contributed by atoms with Gasteiger partial charge in [0.2, 0.25) is 0 Å². The number of nitrogens with zero attached hydrogens (tertiary/aromatic N) is 1. The lowest BCUT2D eigenvalue weighted by atomic mass is 9.76. The third kappa shape index (κ3) is 4.12. The number of carbonyl (C=O) groups is 2. The van der Waals surface area contributed by atoms with Gasteiger partial charge in [0, 0.05) is 23.6 Å². The number of hydrogen-bond acceptors (Lipinski definition) is 3. The summed E-state index contributed by atoms with van der Waals surface area (Å²) in [6, 6.07) is 1.21. The number of Topliss-reactive ketones (excluding diaryl/α,β-unsaturated/α-hetero) is 1. The molecule has 0 radical (unpaired) electrons. The molecule has 0 saturated carbocycles. The number of halogens is 3. The smallest absolute Gasteiger partial charge is 0.410 e. The highest BCUT2D eigenvalue weighted by Gasteiger charge is 2.44. The Kier molecular flexibility index (Phi) is 5.23. The molecule has 2 unspecified atom stereocenters. The third-order valence-corrected chi connectivity index (χ3v) is 5.22. The van der Waals surface area contributed by atoms with Crippen molar-refractivity contribution in [3.63, 3.8) is 0 Å². The Balaban J connectivity index is 1.78. The molecule has 3 rings (SSSR count). The fourth-order valence-corrected chi connectivity index (χ4v) is 4.14. The van der Waals surface area contributed by atoms with Crippen molar-refractivity contribution in [3.05, 3.63) is 35.1 Å². The van der Waals surface area contributed by atoms with Gasteiger partial charge in [0.05, 0.1) is 0 Å². The van der Waals surface area contributed by atoms with Gasteiger partial charge in [-0.25, -0.2) is 18.0 Å². The molecule has 0 N–H and O–H groups in total. The summed E-state index contributed by atoms with van der Waals surface area (Å²) >= 11 is 0. The average molecular weight is 383 g/mol. The summed E-state index contributed by atoms with van der Waals surface area (Å²) < 4.78 is 45.6. The first-order valence-electron chi connectivity index (χ1n) is 9.27. The zero-order chi connectivity index (χ0) is 19.9. The molecule has 2 bridgehead atoms. The van der Waals surface area contributed by atoms with Gasteiger partial charge in [0.1, 0.15) is 5.60 Å². The molecule has 2 atom stereocenters. The van der Waals surface area contributed by atoms with E-state index in [1.165, 1.54) is 0 Å². The van der Waals surface area contributed by atoms with Gasteiger partial charge in [-0.3, -0.25) is 4.79 Å². The highest BCUT2D eigenvalue weighted by atomic mass is 19.2. The van der Waals surface area contributed by atoms with Crippen LogP contribution < -0.4 is 0 Å². The van der Waals surface area contributed by atoms with Crippen LogP contribution in [0.4, 0.5) is 18.0 Å². The van der Waals surface area contributed by atoms with Crippen LogP contribution in [0.2, 0.25) is 0 Å². The predicted octanol–water partition coefficient (Wildman–Crippen LogP) is 4.85. The number of carbonyl (C=O) groups excluding carboxylic acids is 2. The zero-order valence-electron chi connectivity index (χ0n) is 15.7. The van der Waals surface area contributed by atoms with Gasteiger partial charge < -0.3 is 9.64 Å². The van der Waals surface area contributed by atoms with Crippen molar-refractivity contribution >= 4 is 11.9 Å². The number of ether oxygens (including phenoxy) is 1. The molecule has 2 aliphatic rings. The van der Waals surface area contributed by atoms with Crippen LogP contribution in [0.5, 0.6) is 0 Å². The van der Waals surface area contributed by atoms with E-state index in [9.17, 15) is 22.8 Å². The van der Waals surface area contributed by atoms with Crippen molar-refractivity contribution in [2.24, 2.45) is 5.92 Å². The van der Waals surface area contributed by atoms with Gasteiger partial charge >= 0.3 is 6.09 Å². The van der Waals surface area contributed by atoms with Gasteiger partial charge in [-0.1, -0.05) is 0 Å². The molecule has 7 heteroatoms. The molecule has 0 spiro atoms.